The van der Waals surface area contributed by atoms with Crippen LogP contribution < -0.4 is 10.5 Å². The van der Waals surface area contributed by atoms with Gasteiger partial charge in [0.2, 0.25) is 5.89 Å². The molecule has 1 saturated carbocycles. The molecule has 4 aromatic heterocycles. The van der Waals surface area contributed by atoms with Crippen molar-refractivity contribution in [3.8, 4) is 0 Å². The Bertz CT molecular complexity index is 1320. The number of fused-ring (bicyclic) bond motifs is 2. The van der Waals surface area contributed by atoms with Crippen molar-refractivity contribution < 1.29 is 4.52 Å². The molecule has 6 rings (SSSR count). The highest BCUT2D eigenvalue weighted by atomic mass is 35.5. The van der Waals surface area contributed by atoms with Gasteiger partial charge in [0.05, 0.1) is 6.20 Å². The number of rotatable bonds is 4. The van der Waals surface area contributed by atoms with Crippen LogP contribution in [0.1, 0.15) is 23.2 Å². The number of halogens is 1. The van der Waals surface area contributed by atoms with E-state index in [1.807, 2.05) is 13.0 Å². The van der Waals surface area contributed by atoms with Gasteiger partial charge in [0, 0.05) is 35.8 Å². The quantitative estimate of drug-likeness (QED) is 0.485. The van der Waals surface area contributed by atoms with Gasteiger partial charge in [-0.25, -0.2) is 4.98 Å². The first-order valence-corrected chi connectivity index (χ1v) is 10.1. The minimum atomic E-state index is -0.187. The molecular formula is C19H17ClN8O2. The van der Waals surface area contributed by atoms with Crippen molar-refractivity contribution in [2.45, 2.75) is 19.4 Å². The summed E-state index contributed by atoms with van der Waals surface area (Å²) in [5.74, 6) is 3.25. The van der Waals surface area contributed by atoms with Gasteiger partial charge < -0.3 is 9.42 Å². The summed E-state index contributed by atoms with van der Waals surface area (Å²) in [6.45, 7) is 3.80. The zero-order valence-corrected chi connectivity index (χ0v) is 16.8. The van der Waals surface area contributed by atoms with Crippen LogP contribution in [0.4, 0.5) is 5.82 Å². The second-order valence-corrected chi connectivity index (χ2v) is 8.30. The molecular weight excluding hydrogens is 408 g/mol. The molecule has 0 aromatic carbocycles. The predicted molar refractivity (Wildman–Crippen MR) is 107 cm³/mol. The highest BCUT2D eigenvalue weighted by molar-refractivity contribution is 6.30. The Kier molecular flexibility index (Phi) is 3.73. The molecule has 10 nitrogen and oxygen atoms in total. The Labute approximate surface area is 175 Å². The van der Waals surface area contributed by atoms with Crippen molar-refractivity contribution in [3.63, 3.8) is 0 Å². The smallest absolute Gasteiger partial charge is 0.280 e. The van der Waals surface area contributed by atoms with Crippen molar-refractivity contribution in [1.29, 1.82) is 0 Å². The molecule has 1 saturated heterocycles. The molecule has 2 aliphatic rings. The number of nitrogens with zero attached hydrogens (tertiary/aromatic N) is 8. The summed E-state index contributed by atoms with van der Waals surface area (Å²) in [5.41, 5.74) is 1.04. The number of aryl methyl sites for hydroxylation is 1. The Morgan fingerprint density at radius 2 is 2.10 bits per heavy atom. The number of aromatic nitrogens is 7. The van der Waals surface area contributed by atoms with E-state index >= 15 is 0 Å². The van der Waals surface area contributed by atoms with Crippen LogP contribution in [0, 0.1) is 18.8 Å². The van der Waals surface area contributed by atoms with Gasteiger partial charge >= 0.3 is 0 Å². The first kappa shape index (κ1) is 17.6. The summed E-state index contributed by atoms with van der Waals surface area (Å²) in [6, 6.07) is 3.66. The molecule has 0 bridgehead atoms. The SMILES string of the molecule is Cc1cnn2ncn(Cc3nc(C4[C@H]5CN(c6cc(Cl)ccn6)C[C@@H]45)no3)c(=O)c12. The van der Waals surface area contributed by atoms with Gasteiger partial charge in [-0.2, -0.15) is 10.1 Å². The van der Waals surface area contributed by atoms with Crippen molar-refractivity contribution in [2.75, 3.05) is 18.0 Å². The van der Waals surface area contributed by atoms with Crippen LogP contribution in [0.15, 0.2) is 40.2 Å². The first-order valence-electron chi connectivity index (χ1n) is 9.67. The van der Waals surface area contributed by atoms with Gasteiger partial charge in [0.25, 0.3) is 5.56 Å². The lowest BCUT2D eigenvalue weighted by Crippen LogP contribution is -2.25. The summed E-state index contributed by atoms with van der Waals surface area (Å²) >= 11 is 6.08. The zero-order chi connectivity index (χ0) is 20.4. The molecule has 11 heteroatoms. The summed E-state index contributed by atoms with van der Waals surface area (Å²) in [5, 5.41) is 13.1. The monoisotopic (exact) mass is 424 g/mol. The van der Waals surface area contributed by atoms with E-state index in [4.69, 9.17) is 16.1 Å². The Morgan fingerprint density at radius 3 is 2.90 bits per heavy atom. The molecule has 3 atom stereocenters. The summed E-state index contributed by atoms with van der Waals surface area (Å²) < 4.78 is 8.22. The van der Waals surface area contributed by atoms with E-state index in [9.17, 15) is 4.79 Å². The van der Waals surface area contributed by atoms with Crippen LogP contribution in [0.2, 0.25) is 5.02 Å². The third kappa shape index (κ3) is 2.71. The topological polar surface area (TPSA) is 107 Å². The van der Waals surface area contributed by atoms with E-state index < -0.39 is 0 Å². The van der Waals surface area contributed by atoms with Crippen molar-refractivity contribution in [3.05, 3.63) is 63.5 Å². The van der Waals surface area contributed by atoms with Crippen molar-refractivity contribution in [1.82, 2.24) is 34.5 Å². The van der Waals surface area contributed by atoms with Crippen LogP contribution in [0.3, 0.4) is 0 Å². The molecule has 2 fully saturated rings. The molecule has 5 heterocycles. The van der Waals surface area contributed by atoms with Gasteiger partial charge in [-0.15, -0.1) is 9.73 Å². The highest BCUT2D eigenvalue weighted by Gasteiger charge is 2.58. The lowest BCUT2D eigenvalue weighted by Gasteiger charge is -2.20. The number of pyridine rings is 1. The fourth-order valence-electron chi connectivity index (χ4n) is 4.45. The van der Waals surface area contributed by atoms with Gasteiger partial charge in [-0.1, -0.05) is 16.8 Å². The molecule has 1 aliphatic heterocycles. The molecule has 0 radical (unpaired) electrons. The summed E-state index contributed by atoms with van der Waals surface area (Å²) in [4.78, 5) is 23.9. The normalized spacial score (nSPS) is 22.6. The van der Waals surface area contributed by atoms with E-state index in [1.54, 1.807) is 18.5 Å². The number of piperidine rings is 1. The molecule has 0 amide bonds. The molecule has 4 aromatic rings. The second-order valence-electron chi connectivity index (χ2n) is 7.87. The minimum Gasteiger partial charge on any atom is -0.356 e. The Morgan fingerprint density at radius 1 is 1.27 bits per heavy atom. The van der Waals surface area contributed by atoms with Crippen LogP contribution in [-0.2, 0) is 6.54 Å². The van der Waals surface area contributed by atoms with E-state index in [2.05, 4.69) is 30.2 Å². The predicted octanol–water partition coefficient (Wildman–Crippen LogP) is 1.53. The third-order valence-corrected chi connectivity index (χ3v) is 6.25. The lowest BCUT2D eigenvalue weighted by atomic mass is 10.2. The zero-order valence-electron chi connectivity index (χ0n) is 16.0. The van der Waals surface area contributed by atoms with Gasteiger partial charge in [-0.3, -0.25) is 9.36 Å². The maximum atomic E-state index is 12.7. The Balaban J connectivity index is 1.17. The maximum absolute atomic E-state index is 12.7. The largest absolute Gasteiger partial charge is 0.356 e. The van der Waals surface area contributed by atoms with Gasteiger partial charge in [-0.05, 0) is 30.9 Å². The van der Waals surface area contributed by atoms with E-state index in [0.717, 1.165) is 24.5 Å². The average molecular weight is 425 g/mol. The average Bonchev–Trinajstić information content (AvgIpc) is 3.16. The maximum Gasteiger partial charge on any atom is 0.280 e. The third-order valence-electron chi connectivity index (χ3n) is 6.01. The molecule has 1 aliphatic carbocycles. The fourth-order valence-corrected chi connectivity index (χ4v) is 4.60. The van der Waals surface area contributed by atoms with E-state index in [1.165, 1.54) is 15.5 Å². The summed E-state index contributed by atoms with van der Waals surface area (Å²) in [6.07, 6.45) is 4.78. The lowest BCUT2D eigenvalue weighted by molar-refractivity contribution is 0.363. The molecule has 1 unspecified atom stereocenters. The van der Waals surface area contributed by atoms with E-state index in [0.29, 0.717) is 34.1 Å². The second kappa shape index (κ2) is 6.36. The minimum absolute atomic E-state index is 0.181. The molecule has 152 valence electrons. The van der Waals surface area contributed by atoms with Crippen molar-refractivity contribution >= 4 is 22.9 Å². The van der Waals surface area contributed by atoms with Crippen LogP contribution in [-0.4, -0.2) is 47.6 Å². The number of hydrogen-bond donors (Lipinski definition) is 0. The first-order chi connectivity index (χ1) is 14.6. The molecule has 0 N–H and O–H groups in total. The van der Waals surface area contributed by atoms with Crippen LogP contribution in [0.5, 0.6) is 0 Å². The standard InChI is InChI=1S/C19H17ClN8O2/c1-10-5-22-28-17(10)19(29)27(9-23-28)8-15-24-18(25-30-15)16-12-6-26(7-13(12)16)14-4-11(20)2-3-21-14/h2-5,9,12-13,16H,6-8H2,1H3/t12-,13+,16?. The van der Waals surface area contributed by atoms with Crippen LogP contribution >= 0.6 is 11.6 Å². The van der Waals surface area contributed by atoms with Gasteiger partial charge in [0.15, 0.2) is 11.3 Å². The van der Waals surface area contributed by atoms with Crippen LogP contribution in [0.25, 0.3) is 5.52 Å². The number of hydrogen-bond acceptors (Lipinski definition) is 8. The Hall–Kier alpha value is -3.27. The van der Waals surface area contributed by atoms with E-state index in [-0.39, 0.29) is 18.0 Å². The number of anilines is 1. The fraction of sp³-hybridized carbons (Fsp3) is 0.368. The molecule has 30 heavy (non-hydrogen) atoms. The van der Waals surface area contributed by atoms with Gasteiger partial charge in [0.1, 0.15) is 18.7 Å². The van der Waals surface area contributed by atoms with Crippen molar-refractivity contribution in [2.24, 2.45) is 11.8 Å². The molecule has 0 spiro atoms. The highest BCUT2D eigenvalue weighted by Crippen LogP contribution is 2.57. The summed E-state index contributed by atoms with van der Waals surface area (Å²) in [7, 11) is 0.